The van der Waals surface area contributed by atoms with Crippen molar-refractivity contribution in [3.05, 3.63) is 0 Å². The molecule has 1 aliphatic carbocycles. The molecular formula is C10H19FO3S. The quantitative estimate of drug-likeness (QED) is 0.752. The summed E-state index contributed by atoms with van der Waals surface area (Å²) in [7, 11) is -4.62. The zero-order chi connectivity index (χ0) is 11.9. The van der Waals surface area contributed by atoms with Crippen LogP contribution in [-0.4, -0.2) is 18.0 Å². The zero-order valence-corrected chi connectivity index (χ0v) is 10.2. The van der Waals surface area contributed by atoms with E-state index in [1.54, 1.807) is 13.8 Å². The van der Waals surface area contributed by atoms with Crippen molar-refractivity contribution in [1.82, 2.24) is 0 Å². The van der Waals surface area contributed by atoms with Crippen molar-refractivity contribution in [2.45, 2.75) is 45.0 Å². The monoisotopic (exact) mass is 238 g/mol. The average molecular weight is 238 g/mol. The third-order valence-corrected chi connectivity index (χ3v) is 4.71. The van der Waals surface area contributed by atoms with Crippen molar-refractivity contribution in [1.29, 1.82) is 0 Å². The molecule has 0 amide bonds. The van der Waals surface area contributed by atoms with Gasteiger partial charge in [-0.05, 0) is 18.3 Å². The minimum absolute atomic E-state index is 0.00641. The van der Waals surface area contributed by atoms with Crippen LogP contribution in [0.3, 0.4) is 0 Å². The van der Waals surface area contributed by atoms with Crippen LogP contribution >= 0.6 is 0 Å². The molecular weight excluding hydrogens is 219 g/mol. The molecule has 1 N–H and O–H groups in total. The smallest absolute Gasteiger partial charge is 0.283 e. The van der Waals surface area contributed by atoms with Crippen molar-refractivity contribution in [3.8, 4) is 0 Å². The maximum absolute atomic E-state index is 14.4. The predicted molar refractivity (Wildman–Crippen MR) is 56.7 cm³/mol. The number of hydrogen-bond donors (Lipinski definition) is 1. The third kappa shape index (κ3) is 2.33. The summed E-state index contributed by atoms with van der Waals surface area (Å²) in [6.45, 7) is 5.40. The Balaban J connectivity index is 3.08. The molecule has 0 aromatic heterocycles. The Bertz CT molecular complexity index is 326. The van der Waals surface area contributed by atoms with Gasteiger partial charge in [0.05, 0.1) is 0 Å². The Hall–Kier alpha value is -0.160. The van der Waals surface area contributed by atoms with Gasteiger partial charge in [-0.1, -0.05) is 27.2 Å². The zero-order valence-electron chi connectivity index (χ0n) is 9.40. The van der Waals surface area contributed by atoms with Crippen LogP contribution < -0.4 is 0 Å². The summed E-state index contributed by atoms with van der Waals surface area (Å²) in [5.41, 5.74) is 0. The molecule has 5 heteroatoms. The normalized spacial score (nSPS) is 38.3. The van der Waals surface area contributed by atoms with E-state index in [0.29, 0.717) is 6.42 Å². The number of alkyl halides is 1. The highest BCUT2D eigenvalue weighted by Crippen LogP contribution is 2.46. The molecule has 1 saturated carbocycles. The van der Waals surface area contributed by atoms with Crippen molar-refractivity contribution in [3.63, 3.8) is 0 Å². The van der Waals surface area contributed by atoms with Crippen molar-refractivity contribution in [2.75, 3.05) is 0 Å². The van der Waals surface area contributed by atoms with Gasteiger partial charge in [0, 0.05) is 12.3 Å². The number of hydrogen-bond acceptors (Lipinski definition) is 2. The Morgan fingerprint density at radius 3 is 2.33 bits per heavy atom. The molecule has 0 bridgehead atoms. The summed E-state index contributed by atoms with van der Waals surface area (Å²) < 4.78 is 45.7. The van der Waals surface area contributed by atoms with E-state index in [0.717, 1.165) is 6.42 Å². The largest absolute Gasteiger partial charge is 0.300 e. The molecule has 3 nitrogen and oxygen atoms in total. The Kier molecular flexibility index (Phi) is 3.45. The van der Waals surface area contributed by atoms with Gasteiger partial charge in [0.1, 0.15) is 0 Å². The van der Waals surface area contributed by atoms with E-state index in [9.17, 15) is 12.8 Å². The van der Waals surface area contributed by atoms with Gasteiger partial charge in [0.2, 0.25) is 5.00 Å². The van der Waals surface area contributed by atoms with Crippen molar-refractivity contribution in [2.24, 2.45) is 17.8 Å². The lowest BCUT2D eigenvalue weighted by Gasteiger charge is -2.40. The summed E-state index contributed by atoms with van der Waals surface area (Å²) >= 11 is 0. The number of rotatable bonds is 2. The molecule has 0 heterocycles. The topological polar surface area (TPSA) is 54.4 Å². The fourth-order valence-corrected chi connectivity index (χ4v) is 3.80. The highest BCUT2D eigenvalue weighted by molar-refractivity contribution is 7.87. The van der Waals surface area contributed by atoms with E-state index < -0.39 is 21.0 Å². The van der Waals surface area contributed by atoms with Crippen LogP contribution in [0.5, 0.6) is 0 Å². The molecule has 0 saturated heterocycles. The SMILES string of the molecule is CC1CCC(C(C)C)C(F)(S(=O)(=O)O)C1. The molecule has 3 unspecified atom stereocenters. The second-order valence-corrected chi connectivity index (χ2v) is 6.63. The van der Waals surface area contributed by atoms with Gasteiger partial charge < -0.3 is 0 Å². The summed E-state index contributed by atoms with van der Waals surface area (Å²) in [6.07, 6.45) is 1.26. The fourth-order valence-electron chi connectivity index (χ4n) is 2.54. The first kappa shape index (κ1) is 12.9. The van der Waals surface area contributed by atoms with Crippen LogP contribution in [0, 0.1) is 17.8 Å². The lowest BCUT2D eigenvalue weighted by Crippen LogP contribution is -2.47. The lowest BCUT2D eigenvalue weighted by molar-refractivity contribution is 0.0536. The summed E-state index contributed by atoms with van der Waals surface area (Å²) in [6, 6.07) is 0. The van der Waals surface area contributed by atoms with Gasteiger partial charge in [0.25, 0.3) is 0 Å². The second-order valence-electron chi connectivity index (χ2n) is 5.00. The first-order chi connectivity index (χ1) is 6.68. The van der Waals surface area contributed by atoms with Gasteiger partial charge in [-0.3, -0.25) is 4.55 Å². The first-order valence-corrected chi connectivity index (χ1v) is 6.78. The molecule has 3 atom stereocenters. The maximum atomic E-state index is 14.4. The number of halogens is 1. The molecule has 0 aromatic carbocycles. The molecule has 1 rings (SSSR count). The Morgan fingerprint density at radius 2 is 1.93 bits per heavy atom. The standard InChI is InChI=1S/C10H19FO3S/c1-7(2)9-5-4-8(3)6-10(9,11)15(12,13)14/h7-9H,4-6H2,1-3H3,(H,12,13,14). The van der Waals surface area contributed by atoms with E-state index in [1.807, 2.05) is 6.92 Å². The Morgan fingerprint density at radius 1 is 1.40 bits per heavy atom. The van der Waals surface area contributed by atoms with Gasteiger partial charge in [-0.25, -0.2) is 4.39 Å². The van der Waals surface area contributed by atoms with E-state index in [-0.39, 0.29) is 18.3 Å². The first-order valence-electron chi connectivity index (χ1n) is 5.34. The molecule has 90 valence electrons. The summed E-state index contributed by atoms with van der Waals surface area (Å²) in [5.74, 6) is -0.667. The molecule has 15 heavy (non-hydrogen) atoms. The van der Waals surface area contributed by atoms with Gasteiger partial charge in [-0.2, -0.15) is 8.42 Å². The van der Waals surface area contributed by atoms with Crippen LogP contribution in [0.1, 0.15) is 40.0 Å². The fraction of sp³-hybridized carbons (Fsp3) is 1.00. The average Bonchev–Trinajstić information content (AvgIpc) is 2.00. The molecule has 0 aromatic rings. The highest BCUT2D eigenvalue weighted by Gasteiger charge is 2.54. The van der Waals surface area contributed by atoms with E-state index in [2.05, 4.69) is 0 Å². The third-order valence-electron chi connectivity index (χ3n) is 3.38. The molecule has 0 aliphatic heterocycles. The summed E-state index contributed by atoms with van der Waals surface area (Å²) in [5, 5.41) is -2.45. The van der Waals surface area contributed by atoms with Crippen LogP contribution in [0.4, 0.5) is 4.39 Å². The van der Waals surface area contributed by atoms with Crippen molar-refractivity contribution < 1.29 is 17.4 Å². The van der Waals surface area contributed by atoms with Crippen molar-refractivity contribution >= 4 is 10.1 Å². The van der Waals surface area contributed by atoms with Gasteiger partial charge in [0.15, 0.2) is 0 Å². The molecule has 0 spiro atoms. The maximum Gasteiger partial charge on any atom is 0.300 e. The second kappa shape index (κ2) is 4.01. The van der Waals surface area contributed by atoms with Crippen LogP contribution in [0.25, 0.3) is 0 Å². The molecule has 1 aliphatic rings. The minimum atomic E-state index is -4.62. The minimum Gasteiger partial charge on any atom is -0.283 e. The highest BCUT2D eigenvalue weighted by atomic mass is 32.2. The summed E-state index contributed by atoms with van der Waals surface area (Å²) in [4.78, 5) is 0. The van der Waals surface area contributed by atoms with Crippen LogP contribution in [0.15, 0.2) is 0 Å². The van der Waals surface area contributed by atoms with E-state index in [1.165, 1.54) is 0 Å². The van der Waals surface area contributed by atoms with Gasteiger partial charge >= 0.3 is 10.1 Å². The molecule has 0 radical (unpaired) electrons. The van der Waals surface area contributed by atoms with E-state index in [4.69, 9.17) is 4.55 Å². The molecule has 1 fully saturated rings. The van der Waals surface area contributed by atoms with E-state index >= 15 is 0 Å². The lowest BCUT2D eigenvalue weighted by atomic mass is 9.76. The van der Waals surface area contributed by atoms with Crippen LogP contribution in [0.2, 0.25) is 0 Å². The van der Waals surface area contributed by atoms with Crippen LogP contribution in [-0.2, 0) is 10.1 Å². The predicted octanol–water partition coefficient (Wildman–Crippen LogP) is 2.63. The van der Waals surface area contributed by atoms with Gasteiger partial charge in [-0.15, -0.1) is 0 Å². The Labute approximate surface area is 90.8 Å².